The van der Waals surface area contributed by atoms with Gasteiger partial charge in [0.25, 0.3) is 5.56 Å². The molecule has 0 spiro atoms. The SMILES string of the molecule is CC1CC(C)CC(Oc2nc[nH]c(=O)c2Br)C1. The maximum Gasteiger partial charge on any atom is 0.268 e. The van der Waals surface area contributed by atoms with Gasteiger partial charge in [-0.25, -0.2) is 4.98 Å². The monoisotopic (exact) mass is 300 g/mol. The molecule has 5 heteroatoms. The first-order valence-electron chi connectivity index (χ1n) is 5.96. The van der Waals surface area contributed by atoms with Gasteiger partial charge in [-0.3, -0.25) is 4.79 Å². The number of aromatic amines is 1. The Morgan fingerprint density at radius 2 is 2.00 bits per heavy atom. The molecule has 1 aliphatic carbocycles. The van der Waals surface area contributed by atoms with Crippen LogP contribution in [0.1, 0.15) is 33.1 Å². The molecule has 0 saturated heterocycles. The fourth-order valence-corrected chi connectivity index (χ4v) is 2.89. The number of H-pyrrole nitrogens is 1. The topological polar surface area (TPSA) is 55.0 Å². The Morgan fingerprint density at radius 1 is 1.35 bits per heavy atom. The van der Waals surface area contributed by atoms with Crippen LogP contribution in [-0.4, -0.2) is 16.1 Å². The van der Waals surface area contributed by atoms with Crippen LogP contribution < -0.4 is 10.3 Å². The zero-order valence-corrected chi connectivity index (χ0v) is 11.7. The van der Waals surface area contributed by atoms with Gasteiger partial charge in [-0.1, -0.05) is 13.8 Å². The molecule has 4 nitrogen and oxygen atoms in total. The summed E-state index contributed by atoms with van der Waals surface area (Å²) < 4.78 is 6.21. The number of nitrogens with zero attached hydrogens (tertiary/aromatic N) is 1. The lowest BCUT2D eigenvalue weighted by Crippen LogP contribution is -2.29. The van der Waals surface area contributed by atoms with Gasteiger partial charge in [-0.05, 0) is 47.0 Å². The van der Waals surface area contributed by atoms with E-state index in [-0.39, 0.29) is 11.7 Å². The van der Waals surface area contributed by atoms with E-state index in [1.54, 1.807) is 0 Å². The average Bonchev–Trinajstić information content (AvgIpc) is 2.23. The summed E-state index contributed by atoms with van der Waals surface area (Å²) in [5.41, 5.74) is -0.202. The van der Waals surface area contributed by atoms with Crippen LogP contribution in [0.3, 0.4) is 0 Å². The van der Waals surface area contributed by atoms with Crippen molar-refractivity contribution in [2.24, 2.45) is 11.8 Å². The predicted molar refractivity (Wildman–Crippen MR) is 69.2 cm³/mol. The van der Waals surface area contributed by atoms with Crippen molar-refractivity contribution in [2.45, 2.75) is 39.2 Å². The summed E-state index contributed by atoms with van der Waals surface area (Å²) in [6.45, 7) is 4.48. The van der Waals surface area contributed by atoms with Crippen LogP contribution in [0.4, 0.5) is 0 Å². The van der Waals surface area contributed by atoms with Crippen LogP contribution in [-0.2, 0) is 0 Å². The van der Waals surface area contributed by atoms with Crippen LogP contribution in [0.25, 0.3) is 0 Å². The number of ether oxygens (including phenoxy) is 1. The third-order valence-electron chi connectivity index (χ3n) is 3.18. The highest BCUT2D eigenvalue weighted by Crippen LogP contribution is 2.31. The molecule has 2 unspecified atom stereocenters. The van der Waals surface area contributed by atoms with E-state index in [1.165, 1.54) is 12.7 Å². The van der Waals surface area contributed by atoms with Gasteiger partial charge in [0, 0.05) is 0 Å². The molecule has 94 valence electrons. The van der Waals surface area contributed by atoms with Gasteiger partial charge < -0.3 is 9.72 Å². The molecular weight excluding hydrogens is 284 g/mol. The number of rotatable bonds is 2. The van der Waals surface area contributed by atoms with Crippen molar-refractivity contribution in [1.29, 1.82) is 0 Å². The summed E-state index contributed by atoms with van der Waals surface area (Å²) in [5, 5.41) is 0. The second-order valence-corrected chi connectivity index (χ2v) is 5.80. The van der Waals surface area contributed by atoms with Crippen molar-refractivity contribution >= 4 is 15.9 Å². The zero-order valence-electron chi connectivity index (χ0n) is 10.1. The van der Waals surface area contributed by atoms with E-state index in [1.807, 2.05) is 0 Å². The van der Waals surface area contributed by atoms with Crippen molar-refractivity contribution in [2.75, 3.05) is 0 Å². The Morgan fingerprint density at radius 3 is 2.65 bits per heavy atom. The molecule has 1 aliphatic rings. The second-order valence-electron chi connectivity index (χ2n) is 5.01. The number of aromatic nitrogens is 2. The van der Waals surface area contributed by atoms with Crippen molar-refractivity contribution < 1.29 is 4.74 Å². The van der Waals surface area contributed by atoms with E-state index in [4.69, 9.17) is 4.74 Å². The summed E-state index contributed by atoms with van der Waals surface area (Å²) in [5.74, 6) is 1.74. The Bertz CT molecular complexity index is 436. The number of hydrogen-bond acceptors (Lipinski definition) is 3. The molecule has 1 N–H and O–H groups in total. The molecule has 0 bridgehead atoms. The van der Waals surface area contributed by atoms with Gasteiger partial charge >= 0.3 is 0 Å². The highest BCUT2D eigenvalue weighted by atomic mass is 79.9. The molecule has 2 rings (SSSR count). The van der Waals surface area contributed by atoms with E-state index in [0.717, 1.165) is 12.8 Å². The van der Waals surface area contributed by atoms with E-state index < -0.39 is 0 Å². The lowest BCUT2D eigenvalue weighted by atomic mass is 9.82. The summed E-state index contributed by atoms with van der Waals surface area (Å²) in [6, 6.07) is 0. The van der Waals surface area contributed by atoms with E-state index >= 15 is 0 Å². The highest BCUT2D eigenvalue weighted by Gasteiger charge is 2.26. The van der Waals surface area contributed by atoms with Crippen molar-refractivity contribution in [3.8, 4) is 5.88 Å². The normalized spacial score (nSPS) is 29.0. The van der Waals surface area contributed by atoms with Gasteiger partial charge in [0.15, 0.2) is 0 Å². The van der Waals surface area contributed by atoms with Gasteiger partial charge in [0.05, 0.1) is 6.33 Å². The summed E-state index contributed by atoms with van der Waals surface area (Å²) in [6.07, 6.45) is 4.86. The zero-order chi connectivity index (χ0) is 12.4. The van der Waals surface area contributed by atoms with E-state index in [2.05, 4.69) is 39.7 Å². The van der Waals surface area contributed by atoms with Gasteiger partial charge in [-0.2, -0.15) is 0 Å². The smallest absolute Gasteiger partial charge is 0.268 e. The molecule has 1 aromatic heterocycles. The highest BCUT2D eigenvalue weighted by molar-refractivity contribution is 9.10. The van der Waals surface area contributed by atoms with Crippen LogP contribution in [0.15, 0.2) is 15.6 Å². The molecule has 0 radical (unpaired) electrons. The predicted octanol–water partition coefficient (Wildman–Crippen LogP) is 2.74. The van der Waals surface area contributed by atoms with Crippen molar-refractivity contribution in [3.63, 3.8) is 0 Å². The molecule has 1 heterocycles. The van der Waals surface area contributed by atoms with E-state index in [9.17, 15) is 4.79 Å². The minimum atomic E-state index is -0.202. The third-order valence-corrected chi connectivity index (χ3v) is 3.88. The van der Waals surface area contributed by atoms with Gasteiger partial charge in [-0.15, -0.1) is 0 Å². The molecule has 1 saturated carbocycles. The van der Waals surface area contributed by atoms with Crippen molar-refractivity contribution in [1.82, 2.24) is 9.97 Å². The van der Waals surface area contributed by atoms with E-state index in [0.29, 0.717) is 22.2 Å². The first kappa shape index (κ1) is 12.6. The Kier molecular flexibility index (Phi) is 3.86. The largest absolute Gasteiger partial charge is 0.473 e. The molecule has 0 amide bonds. The standard InChI is InChI=1S/C12H17BrN2O2/c1-7-3-8(2)5-9(4-7)17-12-10(13)11(16)14-6-15-12/h6-9H,3-5H2,1-2H3,(H,14,15,16). The lowest BCUT2D eigenvalue weighted by molar-refractivity contribution is 0.0956. The minimum Gasteiger partial charge on any atom is -0.473 e. The number of hydrogen-bond donors (Lipinski definition) is 1. The van der Waals surface area contributed by atoms with Crippen molar-refractivity contribution in [3.05, 3.63) is 21.2 Å². The summed E-state index contributed by atoms with van der Waals surface area (Å²) in [4.78, 5) is 17.9. The first-order chi connectivity index (χ1) is 8.06. The molecule has 2 atom stereocenters. The van der Waals surface area contributed by atoms with Crippen LogP contribution in [0.2, 0.25) is 0 Å². The Balaban J connectivity index is 2.10. The van der Waals surface area contributed by atoms with Crippen LogP contribution in [0.5, 0.6) is 5.88 Å². The fraction of sp³-hybridized carbons (Fsp3) is 0.667. The Hall–Kier alpha value is -0.840. The van der Waals surface area contributed by atoms with Gasteiger partial charge in [0.2, 0.25) is 5.88 Å². The molecule has 0 aromatic carbocycles. The van der Waals surface area contributed by atoms with Gasteiger partial charge in [0.1, 0.15) is 10.6 Å². The second kappa shape index (κ2) is 5.21. The Labute approximate surface area is 109 Å². The molecule has 0 aliphatic heterocycles. The third kappa shape index (κ3) is 3.09. The number of nitrogens with one attached hydrogen (secondary N) is 1. The minimum absolute atomic E-state index is 0.166. The quantitative estimate of drug-likeness (QED) is 0.914. The van der Waals surface area contributed by atoms with Crippen LogP contribution >= 0.6 is 15.9 Å². The molecular formula is C12H17BrN2O2. The number of halogens is 1. The maximum atomic E-state index is 11.4. The molecule has 1 aromatic rings. The first-order valence-corrected chi connectivity index (χ1v) is 6.75. The fourth-order valence-electron chi connectivity index (χ4n) is 2.58. The molecule has 1 fully saturated rings. The lowest BCUT2D eigenvalue weighted by Gasteiger charge is -2.31. The van der Waals surface area contributed by atoms with Crippen LogP contribution in [0, 0.1) is 11.8 Å². The summed E-state index contributed by atoms with van der Waals surface area (Å²) >= 11 is 3.21. The maximum absolute atomic E-state index is 11.4. The molecule has 17 heavy (non-hydrogen) atoms. The average molecular weight is 301 g/mol. The summed E-state index contributed by atoms with van der Waals surface area (Å²) in [7, 11) is 0.